The molecule has 1 N–H and O–H groups in total. The fraction of sp³-hybridized carbons (Fsp3) is 0.462. The van der Waals surface area contributed by atoms with Crippen molar-refractivity contribution in [2.45, 2.75) is 26.2 Å². The molecule has 0 fully saturated rings. The van der Waals surface area contributed by atoms with Crippen molar-refractivity contribution < 1.29 is 4.58 Å². The summed E-state index contributed by atoms with van der Waals surface area (Å²) >= 11 is 0. The van der Waals surface area contributed by atoms with Crippen molar-refractivity contribution in [1.82, 2.24) is 0 Å². The minimum Gasteiger partial charge on any atom is -0.220 e. The molecule has 2 nitrogen and oxygen atoms in total. The van der Waals surface area contributed by atoms with Crippen LogP contribution in [0, 0.1) is 5.41 Å². The van der Waals surface area contributed by atoms with Crippen molar-refractivity contribution in [2.24, 2.45) is 0 Å². The Bertz CT molecular complexity index is 337. The number of nitrogens with zero attached hydrogens (tertiary/aromatic N) is 1. The molecule has 0 heterocycles. The predicted octanol–water partition coefficient (Wildman–Crippen LogP) is 2.97. The molecule has 0 amide bonds. The Morgan fingerprint density at radius 3 is 2.53 bits per heavy atom. The van der Waals surface area contributed by atoms with Gasteiger partial charge in [-0.25, -0.2) is 4.58 Å². The van der Waals surface area contributed by atoms with Crippen LogP contribution < -0.4 is 0 Å². The molecular weight excluding hydrogens is 184 g/mol. The average Bonchev–Trinajstić information content (AvgIpc) is 2.29. The van der Waals surface area contributed by atoms with Crippen LogP contribution in [0.2, 0.25) is 0 Å². The molecule has 1 aromatic carbocycles. The monoisotopic (exact) mass is 203 g/mol. The van der Waals surface area contributed by atoms with Crippen molar-refractivity contribution in [2.75, 3.05) is 13.1 Å². The molecule has 0 radical (unpaired) electrons. The highest BCUT2D eigenvalue weighted by molar-refractivity contribution is 5.28. The predicted molar refractivity (Wildman–Crippen MR) is 62.9 cm³/mol. The SMILES string of the molecule is CCC[N+](=C=N)CC(C)c1ccccc1. The van der Waals surface area contributed by atoms with Gasteiger partial charge in [-0.2, -0.15) is 0 Å². The van der Waals surface area contributed by atoms with E-state index in [1.807, 2.05) is 10.6 Å². The van der Waals surface area contributed by atoms with Crippen molar-refractivity contribution in [3.63, 3.8) is 0 Å². The summed E-state index contributed by atoms with van der Waals surface area (Å²) in [6, 6.07) is 12.9. The second-order valence-corrected chi connectivity index (χ2v) is 3.87. The molecule has 15 heavy (non-hydrogen) atoms. The van der Waals surface area contributed by atoms with E-state index in [-0.39, 0.29) is 0 Å². The fourth-order valence-electron chi connectivity index (χ4n) is 1.68. The van der Waals surface area contributed by atoms with Gasteiger partial charge in [-0.1, -0.05) is 49.6 Å². The van der Waals surface area contributed by atoms with Crippen molar-refractivity contribution in [3.05, 3.63) is 35.9 Å². The number of hydrogen-bond acceptors (Lipinski definition) is 1. The van der Waals surface area contributed by atoms with Gasteiger partial charge in [-0.05, 0) is 12.0 Å². The van der Waals surface area contributed by atoms with Crippen LogP contribution in [-0.4, -0.2) is 23.7 Å². The zero-order chi connectivity index (χ0) is 11.1. The normalized spacial score (nSPS) is 11.9. The lowest BCUT2D eigenvalue weighted by Crippen LogP contribution is -2.18. The Kier molecular flexibility index (Phi) is 4.79. The highest BCUT2D eigenvalue weighted by Gasteiger charge is 2.09. The van der Waals surface area contributed by atoms with Crippen LogP contribution in [0.3, 0.4) is 0 Å². The lowest BCUT2D eigenvalue weighted by Gasteiger charge is -2.11. The molecule has 0 aliphatic carbocycles. The maximum atomic E-state index is 7.19. The van der Waals surface area contributed by atoms with Crippen molar-refractivity contribution in [3.8, 4) is 0 Å². The number of hydrogen-bond donors (Lipinski definition) is 1. The summed E-state index contributed by atoms with van der Waals surface area (Å²) in [5, 5.41) is 7.19. The van der Waals surface area contributed by atoms with Crippen LogP contribution in [0.25, 0.3) is 0 Å². The molecule has 1 atom stereocenters. The van der Waals surface area contributed by atoms with E-state index in [0.29, 0.717) is 5.92 Å². The maximum absolute atomic E-state index is 7.19. The summed E-state index contributed by atoms with van der Waals surface area (Å²) in [5.74, 6) is 0.454. The van der Waals surface area contributed by atoms with E-state index in [9.17, 15) is 0 Å². The zero-order valence-electron chi connectivity index (χ0n) is 9.53. The smallest absolute Gasteiger partial charge is 0.220 e. The molecular formula is C13H19N2+. The first-order valence-corrected chi connectivity index (χ1v) is 5.50. The van der Waals surface area contributed by atoms with E-state index in [0.717, 1.165) is 19.5 Å². The van der Waals surface area contributed by atoms with Gasteiger partial charge in [0.25, 0.3) is 0 Å². The maximum Gasteiger partial charge on any atom is 0.303 e. The Labute approximate surface area is 91.8 Å². The van der Waals surface area contributed by atoms with E-state index >= 15 is 0 Å². The number of nitrogens with one attached hydrogen (secondary N) is 1. The van der Waals surface area contributed by atoms with E-state index in [4.69, 9.17) is 5.41 Å². The second-order valence-electron chi connectivity index (χ2n) is 3.87. The summed E-state index contributed by atoms with van der Waals surface area (Å²) in [5.41, 5.74) is 1.33. The van der Waals surface area contributed by atoms with E-state index in [1.54, 1.807) is 0 Å². The van der Waals surface area contributed by atoms with Crippen LogP contribution in [0.5, 0.6) is 0 Å². The highest BCUT2D eigenvalue weighted by Crippen LogP contribution is 2.14. The molecule has 0 spiro atoms. The van der Waals surface area contributed by atoms with Crippen LogP contribution in [0.1, 0.15) is 31.7 Å². The number of benzene rings is 1. The Balaban J connectivity index is 2.63. The molecule has 1 unspecified atom stereocenters. The quantitative estimate of drug-likeness (QED) is 0.562. The van der Waals surface area contributed by atoms with Crippen LogP contribution in [-0.2, 0) is 0 Å². The first kappa shape index (κ1) is 11.7. The first-order valence-electron chi connectivity index (χ1n) is 5.50. The average molecular weight is 203 g/mol. The molecule has 2 heteroatoms. The van der Waals surface area contributed by atoms with Gasteiger partial charge in [0.2, 0.25) is 0 Å². The van der Waals surface area contributed by atoms with Crippen LogP contribution >= 0.6 is 0 Å². The molecule has 1 aromatic rings. The molecule has 0 saturated carbocycles. The Morgan fingerprint density at radius 2 is 2.00 bits per heavy atom. The van der Waals surface area contributed by atoms with E-state index in [1.165, 1.54) is 5.56 Å². The van der Waals surface area contributed by atoms with Gasteiger partial charge in [0.15, 0.2) is 0 Å². The van der Waals surface area contributed by atoms with E-state index in [2.05, 4.69) is 44.1 Å². The summed E-state index contributed by atoms with van der Waals surface area (Å²) in [6.07, 6.45) is 1.06. The largest absolute Gasteiger partial charge is 0.303 e. The molecule has 0 aliphatic rings. The van der Waals surface area contributed by atoms with Crippen LogP contribution in [0.4, 0.5) is 0 Å². The molecule has 0 bridgehead atoms. The summed E-state index contributed by atoms with van der Waals surface area (Å²) in [4.78, 5) is 0. The minimum atomic E-state index is 0.454. The second kappa shape index (κ2) is 6.15. The third-order valence-corrected chi connectivity index (χ3v) is 2.51. The molecule has 0 aromatic heterocycles. The Hall–Kier alpha value is -1.40. The number of rotatable bonds is 5. The van der Waals surface area contributed by atoms with Crippen LogP contribution in [0.15, 0.2) is 30.3 Å². The van der Waals surface area contributed by atoms with Gasteiger partial charge in [0.05, 0.1) is 13.1 Å². The third kappa shape index (κ3) is 3.69. The fourth-order valence-corrected chi connectivity index (χ4v) is 1.68. The highest BCUT2D eigenvalue weighted by atomic mass is 15.0. The zero-order valence-corrected chi connectivity index (χ0v) is 9.53. The van der Waals surface area contributed by atoms with Gasteiger partial charge in [-0.3, -0.25) is 0 Å². The van der Waals surface area contributed by atoms with Crippen molar-refractivity contribution in [1.29, 1.82) is 5.41 Å². The standard InChI is InChI=1S/C13H19N2/c1-3-9-15(11-14)10-12(2)13-7-5-4-6-8-13/h4-8,12,14H,3,9-10H2,1-2H3/q+1. The van der Waals surface area contributed by atoms with E-state index < -0.39 is 0 Å². The first-order chi connectivity index (χ1) is 7.27. The molecule has 0 saturated heterocycles. The third-order valence-electron chi connectivity index (χ3n) is 2.51. The summed E-state index contributed by atoms with van der Waals surface area (Å²) in [7, 11) is 0. The molecule has 80 valence electrons. The summed E-state index contributed by atoms with van der Waals surface area (Å²) < 4.78 is 1.94. The van der Waals surface area contributed by atoms with Gasteiger partial charge in [0.1, 0.15) is 0 Å². The van der Waals surface area contributed by atoms with Crippen molar-refractivity contribution >= 4 is 6.01 Å². The van der Waals surface area contributed by atoms with Gasteiger partial charge in [-0.15, -0.1) is 0 Å². The van der Waals surface area contributed by atoms with Gasteiger partial charge in [0, 0.05) is 5.92 Å². The lowest BCUT2D eigenvalue weighted by atomic mass is 10.0. The minimum absolute atomic E-state index is 0.454. The van der Waals surface area contributed by atoms with Gasteiger partial charge >= 0.3 is 6.01 Å². The van der Waals surface area contributed by atoms with Gasteiger partial charge < -0.3 is 0 Å². The topological polar surface area (TPSA) is 26.9 Å². The Morgan fingerprint density at radius 1 is 1.33 bits per heavy atom. The molecule has 1 rings (SSSR count). The lowest BCUT2D eigenvalue weighted by molar-refractivity contribution is -0.524. The summed E-state index contributed by atoms with van der Waals surface area (Å²) in [6.45, 7) is 6.11. The molecule has 0 aliphatic heterocycles.